The Kier molecular flexibility index (Phi) is 15.6. The van der Waals surface area contributed by atoms with Gasteiger partial charge in [0.1, 0.15) is 0 Å². The van der Waals surface area contributed by atoms with Gasteiger partial charge in [-0.15, -0.1) is 0 Å². The van der Waals surface area contributed by atoms with Crippen LogP contribution in [-0.4, -0.2) is 30.9 Å². The summed E-state index contributed by atoms with van der Waals surface area (Å²) in [6.45, 7) is 5.03. The van der Waals surface area contributed by atoms with Gasteiger partial charge in [0.25, 0.3) is 0 Å². The van der Waals surface area contributed by atoms with E-state index >= 15 is 0 Å². The molecule has 1 aromatic rings. The molecular weight excluding hydrogens is 344 g/mol. The lowest BCUT2D eigenvalue weighted by Crippen LogP contribution is -2.27. The molecule has 1 amide bonds. The normalized spacial score (nSPS) is 11.1. The van der Waals surface area contributed by atoms with Gasteiger partial charge in [-0.25, -0.2) is 0 Å². The molecule has 160 valence electrons. The number of hydrogen-bond acceptors (Lipinski definition) is 2. The highest BCUT2D eigenvalue weighted by molar-refractivity contribution is 5.75. The van der Waals surface area contributed by atoms with Gasteiger partial charge in [-0.3, -0.25) is 4.79 Å². The first kappa shape index (κ1) is 24.7. The van der Waals surface area contributed by atoms with Crippen LogP contribution in [0.2, 0.25) is 0 Å². The van der Waals surface area contributed by atoms with Gasteiger partial charge in [0.2, 0.25) is 5.91 Å². The minimum absolute atomic E-state index is 0.224. The maximum Gasteiger partial charge on any atom is 0.219 e. The number of rotatable bonds is 18. The molecule has 0 aromatic heterocycles. The second kappa shape index (κ2) is 17.7. The fourth-order valence-electron chi connectivity index (χ4n) is 3.59. The molecule has 0 aliphatic carbocycles. The zero-order valence-electron chi connectivity index (χ0n) is 18.6. The number of carbonyl (C=O) groups is 1. The van der Waals surface area contributed by atoms with Gasteiger partial charge in [0.05, 0.1) is 0 Å². The van der Waals surface area contributed by atoms with Crippen molar-refractivity contribution in [2.75, 3.05) is 20.1 Å². The van der Waals surface area contributed by atoms with E-state index in [4.69, 9.17) is 0 Å². The van der Waals surface area contributed by atoms with Gasteiger partial charge in [-0.05, 0) is 32.0 Å². The standard InChI is InChI=1S/C25H44N2O/c1-3-4-5-6-7-8-9-10-11-12-16-20-25(28)26-21-17-22-27(2)23-24-18-14-13-15-19-24/h13-15,18-19H,3-12,16-17,20-23H2,1-2H3,(H,26,28). The van der Waals surface area contributed by atoms with E-state index in [1.54, 1.807) is 0 Å². The maximum atomic E-state index is 11.9. The molecule has 0 radical (unpaired) electrons. The Morgan fingerprint density at radius 3 is 2.00 bits per heavy atom. The number of amides is 1. The average Bonchev–Trinajstić information content (AvgIpc) is 2.70. The number of hydrogen-bond donors (Lipinski definition) is 1. The molecule has 1 N–H and O–H groups in total. The molecule has 0 saturated carbocycles. The summed E-state index contributed by atoms with van der Waals surface area (Å²) in [6.07, 6.45) is 16.3. The molecule has 0 fully saturated rings. The summed E-state index contributed by atoms with van der Waals surface area (Å²) in [4.78, 5) is 14.2. The molecule has 1 rings (SSSR count). The molecule has 3 nitrogen and oxygen atoms in total. The van der Waals surface area contributed by atoms with Gasteiger partial charge in [-0.2, -0.15) is 0 Å². The van der Waals surface area contributed by atoms with Crippen LogP contribution in [0.1, 0.15) is 96.0 Å². The van der Waals surface area contributed by atoms with Gasteiger partial charge >= 0.3 is 0 Å². The van der Waals surface area contributed by atoms with Crippen LogP contribution in [0.4, 0.5) is 0 Å². The van der Waals surface area contributed by atoms with E-state index in [9.17, 15) is 4.79 Å². The lowest BCUT2D eigenvalue weighted by molar-refractivity contribution is -0.121. The molecule has 0 spiro atoms. The highest BCUT2D eigenvalue weighted by Crippen LogP contribution is 2.11. The smallest absolute Gasteiger partial charge is 0.219 e. The van der Waals surface area contributed by atoms with Gasteiger partial charge in [0, 0.05) is 19.5 Å². The van der Waals surface area contributed by atoms with Gasteiger partial charge in [0.15, 0.2) is 0 Å². The van der Waals surface area contributed by atoms with E-state index < -0.39 is 0 Å². The highest BCUT2D eigenvalue weighted by atomic mass is 16.1. The summed E-state index contributed by atoms with van der Waals surface area (Å²) >= 11 is 0. The van der Waals surface area contributed by atoms with Crippen LogP contribution in [-0.2, 0) is 11.3 Å². The van der Waals surface area contributed by atoms with Crippen LogP contribution in [0.3, 0.4) is 0 Å². The van der Waals surface area contributed by atoms with Crippen LogP contribution >= 0.6 is 0 Å². The predicted octanol–water partition coefficient (Wildman–Crippen LogP) is 6.33. The van der Waals surface area contributed by atoms with Crippen LogP contribution in [0.25, 0.3) is 0 Å². The van der Waals surface area contributed by atoms with E-state index in [0.717, 1.165) is 32.5 Å². The third-order valence-electron chi connectivity index (χ3n) is 5.34. The summed E-state index contributed by atoms with van der Waals surface area (Å²) in [5.41, 5.74) is 1.34. The zero-order valence-corrected chi connectivity index (χ0v) is 18.6. The summed E-state index contributed by atoms with van der Waals surface area (Å²) in [7, 11) is 2.14. The van der Waals surface area contributed by atoms with Crippen molar-refractivity contribution in [3.8, 4) is 0 Å². The molecule has 0 heterocycles. The lowest BCUT2D eigenvalue weighted by Gasteiger charge is -2.16. The Hall–Kier alpha value is -1.35. The quantitative estimate of drug-likeness (QED) is 0.298. The molecule has 0 bridgehead atoms. The lowest BCUT2D eigenvalue weighted by atomic mass is 10.1. The van der Waals surface area contributed by atoms with Gasteiger partial charge in [-0.1, -0.05) is 101 Å². The average molecular weight is 389 g/mol. The van der Waals surface area contributed by atoms with Crippen molar-refractivity contribution in [3.05, 3.63) is 35.9 Å². The van der Waals surface area contributed by atoms with Crippen LogP contribution in [0.15, 0.2) is 30.3 Å². The minimum Gasteiger partial charge on any atom is -0.356 e. The highest BCUT2D eigenvalue weighted by Gasteiger charge is 2.03. The SMILES string of the molecule is CCCCCCCCCCCCCC(=O)NCCCN(C)Cc1ccccc1. The first-order valence-corrected chi connectivity index (χ1v) is 11.7. The molecule has 3 heteroatoms. The largest absolute Gasteiger partial charge is 0.356 e. The number of carbonyl (C=O) groups excluding carboxylic acids is 1. The summed E-state index contributed by atoms with van der Waals surface area (Å²) in [6, 6.07) is 10.5. The number of nitrogens with one attached hydrogen (secondary N) is 1. The molecule has 0 aliphatic rings. The van der Waals surface area contributed by atoms with Crippen molar-refractivity contribution in [2.45, 2.75) is 96.9 Å². The Labute approximate surface area is 174 Å². The Morgan fingerprint density at radius 2 is 1.39 bits per heavy atom. The van der Waals surface area contributed by atoms with Crippen molar-refractivity contribution in [3.63, 3.8) is 0 Å². The maximum absolute atomic E-state index is 11.9. The van der Waals surface area contributed by atoms with Crippen LogP contribution in [0.5, 0.6) is 0 Å². The van der Waals surface area contributed by atoms with E-state index in [1.165, 1.54) is 69.8 Å². The summed E-state index contributed by atoms with van der Waals surface area (Å²) < 4.78 is 0. The van der Waals surface area contributed by atoms with Crippen LogP contribution < -0.4 is 5.32 Å². The zero-order chi connectivity index (χ0) is 20.3. The minimum atomic E-state index is 0.224. The molecule has 28 heavy (non-hydrogen) atoms. The van der Waals surface area contributed by atoms with E-state index in [2.05, 4.69) is 54.5 Å². The van der Waals surface area contributed by atoms with E-state index in [1.807, 2.05) is 0 Å². The molecule has 1 aromatic carbocycles. The molecular formula is C25H44N2O. The second-order valence-corrected chi connectivity index (χ2v) is 8.21. The van der Waals surface area contributed by atoms with Crippen LogP contribution in [0, 0.1) is 0 Å². The predicted molar refractivity (Wildman–Crippen MR) is 121 cm³/mol. The number of unbranched alkanes of at least 4 members (excludes halogenated alkanes) is 10. The fraction of sp³-hybridized carbons (Fsp3) is 0.720. The van der Waals surface area contributed by atoms with Crippen molar-refractivity contribution in [1.82, 2.24) is 10.2 Å². The third-order valence-corrected chi connectivity index (χ3v) is 5.34. The van der Waals surface area contributed by atoms with E-state index in [0.29, 0.717) is 6.42 Å². The third kappa shape index (κ3) is 14.7. The fourth-order valence-corrected chi connectivity index (χ4v) is 3.59. The summed E-state index contributed by atoms with van der Waals surface area (Å²) in [5.74, 6) is 0.224. The van der Waals surface area contributed by atoms with E-state index in [-0.39, 0.29) is 5.91 Å². The van der Waals surface area contributed by atoms with Gasteiger partial charge < -0.3 is 10.2 Å². The first-order valence-electron chi connectivity index (χ1n) is 11.7. The topological polar surface area (TPSA) is 32.3 Å². The molecule has 0 unspecified atom stereocenters. The second-order valence-electron chi connectivity index (χ2n) is 8.21. The first-order chi connectivity index (χ1) is 13.7. The monoisotopic (exact) mass is 388 g/mol. The Balaban J connectivity index is 1.85. The number of nitrogens with zero attached hydrogens (tertiary/aromatic N) is 1. The Bertz CT molecular complexity index is 475. The molecule has 0 atom stereocenters. The number of benzene rings is 1. The summed E-state index contributed by atoms with van der Waals surface area (Å²) in [5, 5.41) is 3.07. The van der Waals surface area contributed by atoms with Crippen molar-refractivity contribution >= 4 is 5.91 Å². The van der Waals surface area contributed by atoms with Crippen molar-refractivity contribution in [2.24, 2.45) is 0 Å². The molecule has 0 aliphatic heterocycles. The molecule has 0 saturated heterocycles. The van der Waals surface area contributed by atoms with Crippen molar-refractivity contribution < 1.29 is 4.79 Å². The Morgan fingerprint density at radius 1 is 0.821 bits per heavy atom. The van der Waals surface area contributed by atoms with Crippen molar-refractivity contribution in [1.29, 1.82) is 0 Å².